The number of rotatable bonds is 2. The maximum Gasteiger partial charge on any atom is 0.276 e. The Labute approximate surface area is 157 Å². The van der Waals surface area contributed by atoms with Gasteiger partial charge in [0.15, 0.2) is 5.69 Å². The summed E-state index contributed by atoms with van der Waals surface area (Å²) in [5.74, 6) is 0.373. The van der Waals surface area contributed by atoms with Gasteiger partial charge < -0.3 is 14.5 Å². The molecule has 0 bridgehead atoms. The number of amides is 1. The molecule has 2 fully saturated rings. The molecular formula is C21H23FN2O3. The first-order valence-corrected chi connectivity index (χ1v) is 9.82. The number of fused-ring (bicyclic) bond motifs is 2. The van der Waals surface area contributed by atoms with Crippen molar-refractivity contribution >= 4 is 5.91 Å². The number of benzene rings is 1. The molecule has 0 unspecified atom stereocenters. The normalized spacial score (nSPS) is 29.6. The fourth-order valence-electron chi connectivity index (χ4n) is 5.31. The fraction of sp³-hybridized carbons (Fsp3) is 0.524. The van der Waals surface area contributed by atoms with Crippen molar-refractivity contribution in [3.63, 3.8) is 0 Å². The molecule has 1 N–H and O–H groups in total. The first-order chi connectivity index (χ1) is 13.1. The highest BCUT2D eigenvalue weighted by Crippen LogP contribution is 2.51. The zero-order chi connectivity index (χ0) is 18.6. The van der Waals surface area contributed by atoms with Crippen LogP contribution >= 0.6 is 0 Å². The molecule has 142 valence electrons. The van der Waals surface area contributed by atoms with Gasteiger partial charge >= 0.3 is 0 Å². The van der Waals surface area contributed by atoms with Crippen LogP contribution in [0.4, 0.5) is 4.39 Å². The second kappa shape index (κ2) is 6.16. The molecule has 1 aromatic carbocycles. The van der Waals surface area contributed by atoms with Gasteiger partial charge in [0, 0.05) is 36.6 Å². The first kappa shape index (κ1) is 16.9. The van der Waals surface area contributed by atoms with E-state index in [2.05, 4.69) is 5.16 Å². The van der Waals surface area contributed by atoms with Crippen molar-refractivity contribution in [2.75, 3.05) is 13.1 Å². The molecule has 6 heteroatoms. The lowest BCUT2D eigenvalue weighted by Crippen LogP contribution is -2.37. The number of carbonyl (C=O) groups is 1. The van der Waals surface area contributed by atoms with E-state index in [-0.39, 0.29) is 23.6 Å². The van der Waals surface area contributed by atoms with E-state index in [9.17, 15) is 14.3 Å². The third-order valence-corrected chi connectivity index (χ3v) is 6.73. The third-order valence-electron chi connectivity index (χ3n) is 6.73. The monoisotopic (exact) mass is 370 g/mol. The minimum atomic E-state index is -1.21. The molecule has 1 aromatic heterocycles. The molecule has 3 aliphatic rings. The zero-order valence-electron chi connectivity index (χ0n) is 15.2. The maximum atomic E-state index is 14.3. The molecule has 0 radical (unpaired) electrons. The van der Waals surface area contributed by atoms with Gasteiger partial charge in [-0.3, -0.25) is 4.79 Å². The van der Waals surface area contributed by atoms with E-state index in [1.54, 1.807) is 23.1 Å². The Kier molecular flexibility index (Phi) is 3.86. The van der Waals surface area contributed by atoms with Crippen LogP contribution in [-0.2, 0) is 18.4 Å². The average molecular weight is 370 g/mol. The molecule has 5 rings (SSSR count). The number of aryl methyl sites for hydroxylation is 1. The van der Waals surface area contributed by atoms with Crippen molar-refractivity contribution in [1.82, 2.24) is 10.1 Å². The summed E-state index contributed by atoms with van der Waals surface area (Å²) in [4.78, 5) is 14.8. The van der Waals surface area contributed by atoms with E-state index in [1.807, 2.05) is 0 Å². The standard InChI is InChI=1S/C21H23FN2O3/c22-17-7-3-2-6-15(17)21(26)10-9-13-11-24(12-16(13)21)20(25)19-14-5-1-4-8-18(14)27-23-19/h2-3,6-7,13,16,26H,1,4-5,8-12H2/t13-,16+,21+/m1/s1. The predicted octanol–water partition coefficient (Wildman–Crippen LogP) is 3.06. The van der Waals surface area contributed by atoms with Crippen molar-refractivity contribution in [2.45, 2.75) is 44.1 Å². The summed E-state index contributed by atoms with van der Waals surface area (Å²) in [6, 6.07) is 6.44. The van der Waals surface area contributed by atoms with E-state index in [0.717, 1.165) is 43.4 Å². The van der Waals surface area contributed by atoms with Crippen LogP contribution in [-0.4, -0.2) is 34.2 Å². The summed E-state index contributed by atoms with van der Waals surface area (Å²) in [6.07, 6.45) is 5.11. The van der Waals surface area contributed by atoms with Gasteiger partial charge in [0.2, 0.25) is 0 Å². The van der Waals surface area contributed by atoms with Crippen LogP contribution < -0.4 is 0 Å². The molecule has 1 saturated heterocycles. The fourth-order valence-corrected chi connectivity index (χ4v) is 5.31. The number of likely N-dealkylation sites (tertiary alicyclic amines) is 1. The average Bonchev–Trinajstić information content (AvgIpc) is 3.37. The molecule has 1 saturated carbocycles. The Balaban J connectivity index is 1.41. The van der Waals surface area contributed by atoms with Crippen molar-refractivity contribution < 1.29 is 18.8 Å². The van der Waals surface area contributed by atoms with Gasteiger partial charge in [0.05, 0.1) is 5.60 Å². The van der Waals surface area contributed by atoms with Crippen LogP contribution in [0.3, 0.4) is 0 Å². The molecule has 2 aromatic rings. The van der Waals surface area contributed by atoms with E-state index in [1.165, 1.54) is 6.07 Å². The molecule has 0 spiro atoms. The lowest BCUT2D eigenvalue weighted by Gasteiger charge is -2.31. The maximum absolute atomic E-state index is 14.3. The predicted molar refractivity (Wildman–Crippen MR) is 95.6 cm³/mol. The molecule has 1 aliphatic heterocycles. The topological polar surface area (TPSA) is 66.6 Å². The number of hydrogen-bond acceptors (Lipinski definition) is 4. The molecule has 1 amide bonds. The summed E-state index contributed by atoms with van der Waals surface area (Å²) in [7, 11) is 0. The van der Waals surface area contributed by atoms with E-state index in [4.69, 9.17) is 4.52 Å². The minimum Gasteiger partial charge on any atom is -0.385 e. The SMILES string of the molecule is O=C(c1noc2c1CCCC2)N1C[C@H]2CC[C@](O)(c3ccccc3F)[C@H]2C1. The van der Waals surface area contributed by atoms with Gasteiger partial charge in [-0.05, 0) is 44.1 Å². The van der Waals surface area contributed by atoms with Crippen LogP contribution in [0.1, 0.15) is 53.1 Å². The summed E-state index contributed by atoms with van der Waals surface area (Å²) >= 11 is 0. The Morgan fingerprint density at radius 1 is 1.26 bits per heavy atom. The van der Waals surface area contributed by atoms with Crippen molar-refractivity contribution in [3.05, 3.63) is 52.7 Å². The molecular weight excluding hydrogens is 347 g/mol. The van der Waals surface area contributed by atoms with Gasteiger partial charge in [-0.15, -0.1) is 0 Å². The van der Waals surface area contributed by atoms with Crippen LogP contribution in [0.15, 0.2) is 28.8 Å². The lowest BCUT2D eigenvalue weighted by atomic mass is 9.82. The molecule has 2 aliphatic carbocycles. The van der Waals surface area contributed by atoms with E-state index in [0.29, 0.717) is 30.8 Å². The van der Waals surface area contributed by atoms with Gasteiger partial charge in [0.1, 0.15) is 11.6 Å². The smallest absolute Gasteiger partial charge is 0.276 e. The molecule has 2 heterocycles. The summed E-state index contributed by atoms with van der Waals surface area (Å²) in [5.41, 5.74) is 0.520. The second-order valence-electron chi connectivity index (χ2n) is 8.16. The third kappa shape index (κ3) is 2.53. The number of aliphatic hydroxyl groups is 1. The van der Waals surface area contributed by atoms with Crippen LogP contribution in [0, 0.1) is 17.7 Å². The van der Waals surface area contributed by atoms with Crippen molar-refractivity contribution in [1.29, 1.82) is 0 Å². The Bertz CT molecular complexity index is 895. The highest BCUT2D eigenvalue weighted by Gasteiger charge is 2.54. The highest BCUT2D eigenvalue weighted by atomic mass is 19.1. The van der Waals surface area contributed by atoms with Crippen LogP contribution in [0.5, 0.6) is 0 Å². The number of aromatic nitrogens is 1. The summed E-state index contributed by atoms with van der Waals surface area (Å²) in [6.45, 7) is 1.01. The number of carbonyl (C=O) groups excluding carboxylic acids is 1. The lowest BCUT2D eigenvalue weighted by molar-refractivity contribution is -0.00896. The number of nitrogens with zero attached hydrogens (tertiary/aromatic N) is 2. The van der Waals surface area contributed by atoms with Gasteiger partial charge in [-0.25, -0.2) is 4.39 Å². The molecule has 27 heavy (non-hydrogen) atoms. The van der Waals surface area contributed by atoms with Gasteiger partial charge in [0.25, 0.3) is 5.91 Å². The van der Waals surface area contributed by atoms with Crippen LogP contribution in [0.25, 0.3) is 0 Å². The van der Waals surface area contributed by atoms with Crippen molar-refractivity contribution in [3.8, 4) is 0 Å². The number of halogens is 1. The van der Waals surface area contributed by atoms with Crippen LogP contribution in [0.2, 0.25) is 0 Å². The van der Waals surface area contributed by atoms with Gasteiger partial charge in [-0.2, -0.15) is 0 Å². The minimum absolute atomic E-state index is 0.118. The van der Waals surface area contributed by atoms with Gasteiger partial charge in [-0.1, -0.05) is 23.4 Å². The van der Waals surface area contributed by atoms with Crippen molar-refractivity contribution in [2.24, 2.45) is 11.8 Å². The molecule has 5 nitrogen and oxygen atoms in total. The Morgan fingerprint density at radius 3 is 2.93 bits per heavy atom. The quantitative estimate of drug-likeness (QED) is 0.882. The Morgan fingerprint density at radius 2 is 2.07 bits per heavy atom. The van der Waals surface area contributed by atoms with E-state index >= 15 is 0 Å². The first-order valence-electron chi connectivity index (χ1n) is 9.82. The second-order valence-corrected chi connectivity index (χ2v) is 8.16. The molecule has 3 atom stereocenters. The summed E-state index contributed by atoms with van der Waals surface area (Å²) in [5, 5.41) is 15.4. The van der Waals surface area contributed by atoms with E-state index < -0.39 is 5.60 Å². The Hall–Kier alpha value is -2.21. The zero-order valence-corrected chi connectivity index (χ0v) is 15.2. The number of hydrogen-bond donors (Lipinski definition) is 1. The largest absolute Gasteiger partial charge is 0.385 e. The summed E-state index contributed by atoms with van der Waals surface area (Å²) < 4.78 is 19.7. The highest BCUT2D eigenvalue weighted by molar-refractivity contribution is 5.94.